The Hall–Kier alpha value is -3.27. The minimum atomic E-state index is -4.50. The van der Waals surface area contributed by atoms with Gasteiger partial charge in [-0.15, -0.1) is 0 Å². The minimum absolute atomic E-state index is 0.0432. The molecule has 0 atom stereocenters. The maximum Gasteiger partial charge on any atom is 0.416 e. The molecule has 164 valence electrons. The molecular formula is C21H18F3NO5S. The Morgan fingerprint density at radius 1 is 1.03 bits per heavy atom. The standard InChI is InChI=1S/C21H18F3NO5S/c1-31(27,28)30-18-5-2-4-15(12-18)13-25(14-19-6-3-11-29-19)20(26)16-7-9-17(10-8-16)21(22,23)24/h2-12H,13-14H2,1H3. The zero-order valence-electron chi connectivity index (χ0n) is 16.3. The van der Waals surface area contributed by atoms with Gasteiger partial charge >= 0.3 is 16.3 Å². The lowest BCUT2D eigenvalue weighted by Crippen LogP contribution is -2.30. The third-order valence-corrected chi connectivity index (χ3v) is 4.69. The molecule has 0 aliphatic heterocycles. The van der Waals surface area contributed by atoms with Crippen molar-refractivity contribution in [2.75, 3.05) is 6.26 Å². The first-order valence-corrected chi connectivity index (χ1v) is 10.8. The summed E-state index contributed by atoms with van der Waals surface area (Å²) in [7, 11) is -3.73. The van der Waals surface area contributed by atoms with Gasteiger partial charge in [-0.05, 0) is 54.1 Å². The fraction of sp³-hybridized carbons (Fsp3) is 0.190. The second kappa shape index (κ2) is 8.84. The summed E-state index contributed by atoms with van der Waals surface area (Å²) in [5.74, 6) is 0.0447. The molecule has 0 aliphatic rings. The van der Waals surface area contributed by atoms with Gasteiger partial charge in [-0.1, -0.05) is 12.1 Å². The van der Waals surface area contributed by atoms with Crippen LogP contribution < -0.4 is 4.18 Å². The maximum atomic E-state index is 13.0. The number of alkyl halides is 3. The number of rotatable bonds is 7. The Kier molecular flexibility index (Phi) is 6.40. The monoisotopic (exact) mass is 453 g/mol. The van der Waals surface area contributed by atoms with Crippen molar-refractivity contribution in [2.45, 2.75) is 19.3 Å². The Labute approximate surface area is 177 Å². The SMILES string of the molecule is CS(=O)(=O)Oc1cccc(CN(Cc2ccco2)C(=O)c2ccc(C(F)(F)F)cc2)c1. The van der Waals surface area contributed by atoms with Crippen molar-refractivity contribution in [3.63, 3.8) is 0 Å². The first kappa shape index (κ1) is 22.4. The van der Waals surface area contributed by atoms with Gasteiger partial charge in [0.2, 0.25) is 0 Å². The predicted molar refractivity (Wildman–Crippen MR) is 106 cm³/mol. The van der Waals surface area contributed by atoms with Crippen LogP contribution in [0.1, 0.15) is 27.2 Å². The molecule has 0 saturated heterocycles. The third-order valence-electron chi connectivity index (χ3n) is 4.19. The van der Waals surface area contributed by atoms with Crippen molar-refractivity contribution in [3.8, 4) is 5.75 Å². The number of carbonyl (C=O) groups is 1. The Morgan fingerprint density at radius 2 is 1.74 bits per heavy atom. The fourth-order valence-corrected chi connectivity index (χ4v) is 3.32. The average Bonchev–Trinajstić information content (AvgIpc) is 3.18. The zero-order chi connectivity index (χ0) is 22.6. The highest BCUT2D eigenvalue weighted by Crippen LogP contribution is 2.29. The summed E-state index contributed by atoms with van der Waals surface area (Å²) in [5, 5.41) is 0. The zero-order valence-corrected chi connectivity index (χ0v) is 17.1. The lowest BCUT2D eigenvalue weighted by atomic mass is 10.1. The van der Waals surface area contributed by atoms with Crippen molar-refractivity contribution in [3.05, 3.63) is 89.4 Å². The van der Waals surface area contributed by atoms with Crippen LogP contribution in [0.3, 0.4) is 0 Å². The van der Waals surface area contributed by atoms with E-state index in [0.29, 0.717) is 11.3 Å². The fourth-order valence-electron chi connectivity index (χ4n) is 2.87. The van der Waals surface area contributed by atoms with E-state index >= 15 is 0 Å². The van der Waals surface area contributed by atoms with Crippen LogP contribution in [0.2, 0.25) is 0 Å². The Bertz CT molecular complexity index is 1140. The third kappa shape index (κ3) is 6.35. The number of amides is 1. The van der Waals surface area contributed by atoms with Crippen LogP contribution in [-0.4, -0.2) is 25.5 Å². The molecule has 0 bridgehead atoms. The lowest BCUT2D eigenvalue weighted by Gasteiger charge is -2.22. The van der Waals surface area contributed by atoms with Gasteiger partial charge in [0.15, 0.2) is 0 Å². The number of halogens is 3. The average molecular weight is 453 g/mol. The normalized spacial score (nSPS) is 11.9. The number of nitrogens with zero attached hydrogens (tertiary/aromatic N) is 1. The van der Waals surface area contributed by atoms with E-state index in [-0.39, 0.29) is 24.4 Å². The first-order chi connectivity index (χ1) is 14.5. The maximum absolute atomic E-state index is 13.0. The number of hydrogen-bond acceptors (Lipinski definition) is 5. The Morgan fingerprint density at radius 3 is 2.32 bits per heavy atom. The van der Waals surface area contributed by atoms with Crippen molar-refractivity contribution >= 4 is 16.0 Å². The van der Waals surface area contributed by atoms with E-state index in [0.717, 1.165) is 30.5 Å². The topological polar surface area (TPSA) is 76.8 Å². The first-order valence-electron chi connectivity index (χ1n) is 8.98. The number of benzene rings is 2. The summed E-state index contributed by atoms with van der Waals surface area (Å²) in [6.45, 7) is 0.103. The van der Waals surface area contributed by atoms with Crippen LogP contribution in [0.4, 0.5) is 13.2 Å². The molecule has 1 heterocycles. The predicted octanol–water partition coefficient (Wildman–Crippen LogP) is 4.48. The van der Waals surface area contributed by atoms with Gasteiger partial charge in [-0.3, -0.25) is 4.79 Å². The molecular weight excluding hydrogens is 435 g/mol. The molecule has 1 aromatic heterocycles. The molecule has 2 aromatic carbocycles. The van der Waals surface area contributed by atoms with Crippen molar-refractivity contribution < 1.29 is 35.0 Å². The number of carbonyl (C=O) groups excluding carboxylic acids is 1. The van der Waals surface area contributed by atoms with Gasteiger partial charge in [0.25, 0.3) is 5.91 Å². The van der Waals surface area contributed by atoms with E-state index in [1.54, 1.807) is 24.3 Å². The number of furan rings is 1. The van der Waals surface area contributed by atoms with Crippen LogP contribution in [0.5, 0.6) is 5.75 Å². The van der Waals surface area contributed by atoms with Crippen molar-refractivity contribution in [1.82, 2.24) is 4.90 Å². The summed E-state index contributed by atoms with van der Waals surface area (Å²) >= 11 is 0. The van der Waals surface area contributed by atoms with Gasteiger partial charge in [0.05, 0.1) is 24.6 Å². The van der Waals surface area contributed by atoms with Crippen molar-refractivity contribution in [1.29, 1.82) is 0 Å². The highest BCUT2D eigenvalue weighted by molar-refractivity contribution is 7.86. The van der Waals surface area contributed by atoms with Crippen LogP contribution in [0.15, 0.2) is 71.3 Å². The smallest absolute Gasteiger partial charge is 0.416 e. The molecule has 1 amide bonds. The highest BCUT2D eigenvalue weighted by Gasteiger charge is 2.30. The molecule has 31 heavy (non-hydrogen) atoms. The lowest BCUT2D eigenvalue weighted by molar-refractivity contribution is -0.137. The summed E-state index contributed by atoms with van der Waals surface area (Å²) in [6, 6.07) is 13.4. The van der Waals surface area contributed by atoms with Crippen LogP contribution in [0, 0.1) is 0 Å². The van der Waals surface area contributed by atoms with E-state index in [1.165, 1.54) is 23.3 Å². The van der Waals surface area contributed by atoms with Gasteiger partial charge in [0, 0.05) is 12.1 Å². The largest absolute Gasteiger partial charge is 0.467 e. The van der Waals surface area contributed by atoms with Gasteiger partial charge in [0.1, 0.15) is 11.5 Å². The van der Waals surface area contributed by atoms with Gasteiger partial charge in [-0.2, -0.15) is 21.6 Å². The van der Waals surface area contributed by atoms with E-state index < -0.39 is 27.8 Å². The molecule has 10 heteroatoms. The molecule has 3 aromatic rings. The van der Waals surface area contributed by atoms with E-state index in [4.69, 9.17) is 8.60 Å². The highest BCUT2D eigenvalue weighted by atomic mass is 32.2. The van der Waals surface area contributed by atoms with Gasteiger partial charge < -0.3 is 13.5 Å². The Balaban J connectivity index is 1.86. The molecule has 0 fully saturated rings. The molecule has 0 N–H and O–H groups in total. The summed E-state index contributed by atoms with van der Waals surface area (Å²) in [5.41, 5.74) is -0.219. The second-order valence-corrected chi connectivity index (χ2v) is 8.33. The van der Waals surface area contributed by atoms with Crippen LogP contribution >= 0.6 is 0 Å². The van der Waals surface area contributed by atoms with E-state index in [1.807, 2.05) is 0 Å². The molecule has 0 saturated carbocycles. The number of hydrogen-bond donors (Lipinski definition) is 0. The molecule has 6 nitrogen and oxygen atoms in total. The van der Waals surface area contributed by atoms with Crippen LogP contribution in [-0.2, 0) is 29.4 Å². The molecule has 0 unspecified atom stereocenters. The van der Waals surface area contributed by atoms with Gasteiger partial charge in [-0.25, -0.2) is 0 Å². The summed E-state index contributed by atoms with van der Waals surface area (Å²) in [4.78, 5) is 14.4. The molecule has 0 spiro atoms. The molecule has 0 aliphatic carbocycles. The quantitative estimate of drug-likeness (QED) is 0.493. The van der Waals surface area contributed by atoms with Crippen LogP contribution in [0.25, 0.3) is 0 Å². The molecule has 3 rings (SSSR count). The van der Waals surface area contributed by atoms with Crippen molar-refractivity contribution in [2.24, 2.45) is 0 Å². The summed E-state index contributed by atoms with van der Waals surface area (Å²) in [6.07, 6.45) is -2.15. The van der Waals surface area contributed by atoms with E-state index in [9.17, 15) is 26.4 Å². The summed E-state index contributed by atoms with van der Waals surface area (Å²) < 4.78 is 71.3. The molecule has 0 radical (unpaired) electrons. The second-order valence-electron chi connectivity index (χ2n) is 6.75. The minimum Gasteiger partial charge on any atom is -0.467 e. The van der Waals surface area contributed by atoms with E-state index in [2.05, 4.69) is 0 Å².